The Hall–Kier alpha value is -3.11. The fourth-order valence-electron chi connectivity index (χ4n) is 2.00. The molecule has 2 heterocycles. The van der Waals surface area contributed by atoms with Crippen LogP contribution in [0.4, 0.5) is 24.7 Å². The molecule has 0 aliphatic rings. The predicted octanol–water partition coefficient (Wildman–Crippen LogP) is 1.94. The van der Waals surface area contributed by atoms with Crippen molar-refractivity contribution in [3.63, 3.8) is 0 Å². The number of rotatable bonds is 4. The third kappa shape index (κ3) is 3.62. The van der Waals surface area contributed by atoms with E-state index in [2.05, 4.69) is 4.98 Å². The van der Waals surface area contributed by atoms with Gasteiger partial charge in [-0.25, -0.2) is 4.98 Å². The highest BCUT2D eigenvalue weighted by Crippen LogP contribution is 2.33. The van der Waals surface area contributed by atoms with Crippen molar-refractivity contribution >= 4 is 17.4 Å². The van der Waals surface area contributed by atoms with Gasteiger partial charge >= 0.3 is 6.18 Å². The van der Waals surface area contributed by atoms with Crippen LogP contribution >= 0.6 is 0 Å². The molecule has 0 aromatic carbocycles. The predicted molar refractivity (Wildman–Crippen MR) is 77.0 cm³/mol. The SMILES string of the molecule is Cn1ccc([C@@H](NC(=O)c2cc([N+](=O)[O-])cnc2N)C(F)(F)F)c1. The minimum atomic E-state index is -4.76. The molecule has 1 amide bonds. The Balaban J connectivity index is 2.35. The van der Waals surface area contributed by atoms with Crippen LogP contribution in [-0.4, -0.2) is 26.6 Å². The van der Waals surface area contributed by atoms with Gasteiger partial charge in [0.05, 0.1) is 10.5 Å². The second-order valence-corrected chi connectivity index (χ2v) is 4.94. The summed E-state index contributed by atoms with van der Waals surface area (Å²) in [6.45, 7) is 0. The molecule has 0 aliphatic carbocycles. The molecule has 11 heteroatoms. The van der Waals surface area contributed by atoms with E-state index in [0.29, 0.717) is 0 Å². The van der Waals surface area contributed by atoms with E-state index in [1.54, 1.807) is 5.32 Å². The molecule has 2 aromatic heterocycles. The fourth-order valence-corrected chi connectivity index (χ4v) is 2.00. The summed E-state index contributed by atoms with van der Waals surface area (Å²) in [7, 11) is 1.53. The first-order valence-corrected chi connectivity index (χ1v) is 6.49. The Bertz CT molecular complexity index is 787. The zero-order chi connectivity index (χ0) is 18.1. The molecule has 0 fully saturated rings. The van der Waals surface area contributed by atoms with Crippen LogP contribution in [0, 0.1) is 10.1 Å². The number of carbonyl (C=O) groups excluding carboxylic acids is 1. The zero-order valence-corrected chi connectivity index (χ0v) is 12.2. The summed E-state index contributed by atoms with van der Waals surface area (Å²) in [5.41, 5.74) is 4.19. The molecular formula is C13H12F3N5O3. The molecule has 24 heavy (non-hydrogen) atoms. The van der Waals surface area contributed by atoms with Crippen LogP contribution in [-0.2, 0) is 7.05 Å². The molecule has 2 rings (SSSR count). The molecule has 1 atom stereocenters. The number of nitrogens with zero attached hydrogens (tertiary/aromatic N) is 3. The molecule has 0 saturated heterocycles. The van der Waals surface area contributed by atoms with Gasteiger partial charge in [-0.1, -0.05) is 0 Å². The Morgan fingerprint density at radius 1 is 1.50 bits per heavy atom. The van der Waals surface area contributed by atoms with Crippen molar-refractivity contribution in [3.8, 4) is 0 Å². The normalized spacial score (nSPS) is 12.7. The number of aromatic nitrogens is 2. The van der Waals surface area contributed by atoms with Gasteiger partial charge in [-0.2, -0.15) is 13.2 Å². The van der Waals surface area contributed by atoms with Gasteiger partial charge in [0.2, 0.25) is 0 Å². The van der Waals surface area contributed by atoms with E-state index < -0.39 is 40.1 Å². The lowest BCUT2D eigenvalue weighted by atomic mass is 10.1. The van der Waals surface area contributed by atoms with E-state index >= 15 is 0 Å². The second-order valence-electron chi connectivity index (χ2n) is 4.94. The highest BCUT2D eigenvalue weighted by atomic mass is 19.4. The number of nitrogen functional groups attached to an aromatic ring is 1. The average Bonchev–Trinajstić information content (AvgIpc) is 2.89. The standard InChI is InChI=1S/C13H12F3N5O3/c1-20-3-2-7(6-20)10(13(14,15)16)19-12(22)9-4-8(21(23)24)5-18-11(9)17/h2-6,10H,1H3,(H2,17,18)(H,19,22)/t10-/m1/s1. The lowest BCUT2D eigenvalue weighted by Gasteiger charge is -2.21. The van der Waals surface area contributed by atoms with E-state index in [4.69, 9.17) is 5.73 Å². The van der Waals surface area contributed by atoms with Gasteiger partial charge in [0, 0.05) is 31.1 Å². The molecule has 0 bridgehead atoms. The largest absolute Gasteiger partial charge is 0.412 e. The van der Waals surface area contributed by atoms with Gasteiger partial charge in [0.15, 0.2) is 6.04 Å². The molecule has 0 radical (unpaired) electrons. The van der Waals surface area contributed by atoms with Crippen molar-refractivity contribution in [1.29, 1.82) is 0 Å². The first kappa shape index (κ1) is 17.2. The molecule has 0 aliphatic heterocycles. The summed E-state index contributed by atoms with van der Waals surface area (Å²) < 4.78 is 41.1. The van der Waals surface area contributed by atoms with Crippen LogP contribution in [0.5, 0.6) is 0 Å². The van der Waals surface area contributed by atoms with E-state index in [1.807, 2.05) is 0 Å². The maximum Gasteiger partial charge on any atom is 0.412 e. The molecule has 3 N–H and O–H groups in total. The summed E-state index contributed by atoms with van der Waals surface area (Å²) in [4.78, 5) is 25.4. The quantitative estimate of drug-likeness (QED) is 0.650. The smallest absolute Gasteiger partial charge is 0.383 e. The van der Waals surface area contributed by atoms with Gasteiger partial charge in [-0.15, -0.1) is 0 Å². The minimum Gasteiger partial charge on any atom is -0.383 e. The van der Waals surface area contributed by atoms with Gasteiger partial charge in [-0.3, -0.25) is 14.9 Å². The number of nitrogens with one attached hydrogen (secondary N) is 1. The van der Waals surface area contributed by atoms with Gasteiger partial charge < -0.3 is 15.6 Å². The summed E-state index contributed by atoms with van der Waals surface area (Å²) in [6, 6.07) is -0.311. The van der Waals surface area contributed by atoms with Crippen molar-refractivity contribution in [1.82, 2.24) is 14.9 Å². The number of nitro groups is 1. The monoisotopic (exact) mass is 343 g/mol. The minimum absolute atomic E-state index is 0.185. The van der Waals surface area contributed by atoms with Crippen molar-refractivity contribution < 1.29 is 22.9 Å². The van der Waals surface area contributed by atoms with Crippen molar-refractivity contribution in [2.45, 2.75) is 12.2 Å². The Kier molecular flexibility index (Phi) is 4.44. The van der Waals surface area contributed by atoms with Crippen molar-refractivity contribution in [3.05, 3.63) is 52.0 Å². The van der Waals surface area contributed by atoms with E-state index in [-0.39, 0.29) is 5.56 Å². The Morgan fingerprint density at radius 3 is 2.67 bits per heavy atom. The number of carbonyl (C=O) groups is 1. The number of amides is 1. The Labute approximate surface area is 133 Å². The van der Waals surface area contributed by atoms with E-state index in [0.717, 1.165) is 12.3 Å². The number of nitrogens with two attached hydrogens (primary N) is 1. The number of hydrogen-bond acceptors (Lipinski definition) is 5. The second kappa shape index (κ2) is 6.18. The van der Waals surface area contributed by atoms with Crippen LogP contribution in [0.2, 0.25) is 0 Å². The maximum absolute atomic E-state index is 13.2. The molecule has 2 aromatic rings. The fraction of sp³-hybridized carbons (Fsp3) is 0.231. The highest BCUT2D eigenvalue weighted by Gasteiger charge is 2.42. The Morgan fingerprint density at radius 2 is 2.17 bits per heavy atom. The van der Waals surface area contributed by atoms with Gasteiger partial charge in [-0.05, 0) is 6.07 Å². The number of pyridine rings is 1. The lowest BCUT2D eigenvalue weighted by Crippen LogP contribution is -2.38. The number of aryl methyl sites for hydroxylation is 1. The highest BCUT2D eigenvalue weighted by molar-refractivity contribution is 5.99. The third-order valence-electron chi connectivity index (χ3n) is 3.15. The van der Waals surface area contributed by atoms with E-state index in [9.17, 15) is 28.1 Å². The lowest BCUT2D eigenvalue weighted by molar-refractivity contribution is -0.385. The van der Waals surface area contributed by atoms with Crippen molar-refractivity contribution in [2.75, 3.05) is 5.73 Å². The third-order valence-corrected chi connectivity index (χ3v) is 3.15. The van der Waals surface area contributed by atoms with Crippen LogP contribution in [0.3, 0.4) is 0 Å². The number of anilines is 1. The molecule has 0 spiro atoms. The van der Waals surface area contributed by atoms with Crippen LogP contribution in [0.25, 0.3) is 0 Å². The molecule has 0 unspecified atom stereocenters. The average molecular weight is 343 g/mol. The first-order valence-electron chi connectivity index (χ1n) is 6.49. The van der Waals surface area contributed by atoms with Crippen LogP contribution < -0.4 is 11.1 Å². The summed E-state index contributed by atoms with van der Waals surface area (Å²) >= 11 is 0. The molecule has 128 valence electrons. The van der Waals surface area contributed by atoms with Crippen molar-refractivity contribution in [2.24, 2.45) is 7.05 Å². The maximum atomic E-state index is 13.2. The summed E-state index contributed by atoms with van der Waals surface area (Å²) in [6.07, 6.45) is -1.36. The first-order chi connectivity index (χ1) is 11.1. The van der Waals surface area contributed by atoms with E-state index in [1.165, 1.54) is 30.1 Å². The zero-order valence-electron chi connectivity index (χ0n) is 12.2. The number of alkyl halides is 3. The summed E-state index contributed by atoms with van der Waals surface area (Å²) in [5, 5.41) is 12.5. The van der Waals surface area contributed by atoms with Crippen LogP contribution in [0.15, 0.2) is 30.7 Å². The van der Waals surface area contributed by atoms with Crippen LogP contribution in [0.1, 0.15) is 22.0 Å². The van der Waals surface area contributed by atoms with Gasteiger partial charge in [0.25, 0.3) is 11.6 Å². The summed E-state index contributed by atoms with van der Waals surface area (Å²) in [5.74, 6) is -1.62. The number of halogens is 3. The topological polar surface area (TPSA) is 116 Å². The molecule has 8 nitrogen and oxygen atoms in total. The number of hydrogen-bond donors (Lipinski definition) is 2. The molecular weight excluding hydrogens is 331 g/mol. The molecule has 0 saturated carbocycles. The van der Waals surface area contributed by atoms with Gasteiger partial charge in [0.1, 0.15) is 12.0 Å².